The Balaban J connectivity index is 1.81. The van der Waals surface area contributed by atoms with Gasteiger partial charge in [-0.3, -0.25) is 9.69 Å². The molecule has 0 fully saturated rings. The Morgan fingerprint density at radius 3 is 2.58 bits per heavy atom. The lowest BCUT2D eigenvalue weighted by Crippen LogP contribution is -2.30. The van der Waals surface area contributed by atoms with Crippen molar-refractivity contribution in [1.82, 2.24) is 4.98 Å². The summed E-state index contributed by atoms with van der Waals surface area (Å²) in [4.78, 5) is 20.0. The van der Waals surface area contributed by atoms with E-state index in [1.54, 1.807) is 35.4 Å². The Labute approximate surface area is 183 Å². The van der Waals surface area contributed by atoms with Crippen LogP contribution in [-0.2, 0) is 6.54 Å². The van der Waals surface area contributed by atoms with Gasteiger partial charge < -0.3 is 18.6 Å². The first-order valence-corrected chi connectivity index (χ1v) is 10.6. The first kappa shape index (κ1) is 20.7. The predicted molar refractivity (Wildman–Crippen MR) is 120 cm³/mol. The average Bonchev–Trinajstić information content (AvgIpc) is 3.46. The molecule has 0 atom stereocenters. The number of benzene rings is 2. The molecule has 2 aromatic heterocycles. The normalized spacial score (nSPS) is 10.8. The van der Waals surface area contributed by atoms with Crippen LogP contribution in [0, 0.1) is 0 Å². The molecular weight excluding hydrogens is 416 g/mol. The smallest absolute Gasteiger partial charge is 0.264 e. The van der Waals surface area contributed by atoms with E-state index >= 15 is 0 Å². The van der Waals surface area contributed by atoms with Crippen LogP contribution in [0.3, 0.4) is 0 Å². The topological polar surface area (TPSA) is 74.0 Å². The van der Waals surface area contributed by atoms with Crippen molar-refractivity contribution in [3.8, 4) is 17.2 Å². The second-order valence-corrected chi connectivity index (χ2v) is 7.55. The summed E-state index contributed by atoms with van der Waals surface area (Å²) in [6.07, 6.45) is 1.58. The van der Waals surface area contributed by atoms with Gasteiger partial charge in [0.1, 0.15) is 17.0 Å². The number of furan rings is 1. The number of rotatable bonds is 8. The number of carbonyl (C=O) groups excluding carboxylic acids is 1. The SMILES string of the molecule is CCOc1cccc2sc(N(Cc3ccco3)C(=O)c3cccc(OC)c3OC)nc12. The number of para-hydroxylation sites is 2. The molecule has 0 aliphatic carbocycles. The molecule has 0 saturated carbocycles. The number of ether oxygens (including phenoxy) is 3. The van der Waals surface area contributed by atoms with E-state index in [0.29, 0.717) is 40.3 Å². The molecule has 0 aliphatic heterocycles. The average molecular weight is 439 g/mol. The molecule has 0 radical (unpaired) electrons. The molecule has 2 aromatic carbocycles. The molecule has 8 heteroatoms. The zero-order chi connectivity index (χ0) is 21.8. The molecule has 0 bridgehead atoms. The van der Waals surface area contributed by atoms with Crippen LogP contribution >= 0.6 is 11.3 Å². The van der Waals surface area contributed by atoms with Crippen LogP contribution in [0.15, 0.2) is 59.2 Å². The second-order valence-electron chi connectivity index (χ2n) is 6.54. The monoisotopic (exact) mass is 438 g/mol. The summed E-state index contributed by atoms with van der Waals surface area (Å²) in [5, 5.41) is 0.536. The first-order valence-electron chi connectivity index (χ1n) is 9.73. The Morgan fingerprint density at radius 2 is 1.87 bits per heavy atom. The van der Waals surface area contributed by atoms with E-state index in [2.05, 4.69) is 0 Å². The Kier molecular flexibility index (Phi) is 6.08. The van der Waals surface area contributed by atoms with Crippen LogP contribution in [0.1, 0.15) is 23.0 Å². The van der Waals surface area contributed by atoms with E-state index in [-0.39, 0.29) is 12.5 Å². The summed E-state index contributed by atoms with van der Waals surface area (Å²) < 4.78 is 23.0. The van der Waals surface area contributed by atoms with Crippen molar-refractivity contribution in [3.05, 3.63) is 66.1 Å². The fourth-order valence-electron chi connectivity index (χ4n) is 3.28. The third kappa shape index (κ3) is 4.06. The van der Waals surface area contributed by atoms with Gasteiger partial charge in [-0.05, 0) is 43.3 Å². The standard InChI is InChI=1S/C23H22N2O5S/c1-4-29-17-10-6-12-19-20(17)24-23(31-19)25(14-15-8-7-13-30-15)22(26)16-9-5-11-18(27-2)21(16)28-3/h5-13H,4,14H2,1-3H3. The Morgan fingerprint density at radius 1 is 1.06 bits per heavy atom. The number of anilines is 1. The molecule has 0 unspecified atom stereocenters. The van der Waals surface area contributed by atoms with Crippen molar-refractivity contribution >= 4 is 32.6 Å². The van der Waals surface area contributed by atoms with Crippen LogP contribution in [0.4, 0.5) is 5.13 Å². The maximum Gasteiger partial charge on any atom is 0.264 e. The van der Waals surface area contributed by atoms with Gasteiger partial charge in [0.15, 0.2) is 16.6 Å². The number of hydrogen-bond acceptors (Lipinski definition) is 7. The lowest BCUT2D eigenvalue weighted by molar-refractivity contribution is 0.0979. The predicted octanol–water partition coefficient (Wildman–Crippen LogP) is 5.15. The number of amides is 1. The highest BCUT2D eigenvalue weighted by molar-refractivity contribution is 7.22. The van der Waals surface area contributed by atoms with E-state index in [9.17, 15) is 4.79 Å². The van der Waals surface area contributed by atoms with E-state index in [1.807, 2.05) is 31.2 Å². The molecule has 160 valence electrons. The van der Waals surface area contributed by atoms with Crippen molar-refractivity contribution in [3.63, 3.8) is 0 Å². The maximum atomic E-state index is 13.7. The molecule has 0 aliphatic rings. The summed E-state index contributed by atoms with van der Waals surface area (Å²) in [7, 11) is 3.05. The highest BCUT2D eigenvalue weighted by Gasteiger charge is 2.27. The van der Waals surface area contributed by atoms with Gasteiger partial charge in [-0.25, -0.2) is 4.98 Å². The van der Waals surface area contributed by atoms with Crippen LogP contribution in [0.5, 0.6) is 17.2 Å². The number of fused-ring (bicyclic) bond motifs is 1. The van der Waals surface area contributed by atoms with Gasteiger partial charge in [0, 0.05) is 0 Å². The third-order valence-corrected chi connectivity index (χ3v) is 5.72. The zero-order valence-corrected chi connectivity index (χ0v) is 18.3. The third-order valence-electron chi connectivity index (χ3n) is 4.67. The quantitative estimate of drug-likeness (QED) is 0.379. The van der Waals surface area contributed by atoms with Gasteiger partial charge in [-0.2, -0.15) is 0 Å². The maximum absolute atomic E-state index is 13.7. The van der Waals surface area contributed by atoms with Gasteiger partial charge in [0.2, 0.25) is 0 Å². The number of nitrogens with zero attached hydrogens (tertiary/aromatic N) is 2. The number of thiazole rings is 1. The fraction of sp³-hybridized carbons (Fsp3) is 0.217. The molecule has 0 spiro atoms. The van der Waals surface area contributed by atoms with Gasteiger partial charge in [0.25, 0.3) is 5.91 Å². The minimum Gasteiger partial charge on any atom is -0.493 e. The lowest BCUT2D eigenvalue weighted by atomic mass is 10.1. The van der Waals surface area contributed by atoms with E-state index in [4.69, 9.17) is 23.6 Å². The zero-order valence-electron chi connectivity index (χ0n) is 17.5. The van der Waals surface area contributed by atoms with Crippen molar-refractivity contribution < 1.29 is 23.4 Å². The summed E-state index contributed by atoms with van der Waals surface area (Å²) in [5.74, 6) is 1.90. The van der Waals surface area contributed by atoms with Crippen LogP contribution < -0.4 is 19.1 Å². The van der Waals surface area contributed by atoms with E-state index in [0.717, 1.165) is 10.2 Å². The van der Waals surface area contributed by atoms with Gasteiger partial charge in [-0.15, -0.1) is 0 Å². The van der Waals surface area contributed by atoms with Gasteiger partial charge in [-0.1, -0.05) is 23.5 Å². The molecule has 1 amide bonds. The minimum atomic E-state index is -0.274. The molecule has 0 N–H and O–H groups in total. The molecular formula is C23H22N2O5S. The highest BCUT2D eigenvalue weighted by atomic mass is 32.1. The number of carbonyl (C=O) groups is 1. The largest absolute Gasteiger partial charge is 0.493 e. The molecule has 2 heterocycles. The summed E-state index contributed by atoms with van der Waals surface area (Å²) in [6.45, 7) is 2.67. The summed E-state index contributed by atoms with van der Waals surface area (Å²) in [5.41, 5.74) is 1.09. The highest BCUT2D eigenvalue weighted by Crippen LogP contribution is 2.37. The van der Waals surface area contributed by atoms with Gasteiger partial charge >= 0.3 is 0 Å². The van der Waals surface area contributed by atoms with Crippen LogP contribution in [-0.4, -0.2) is 31.7 Å². The Bertz CT molecular complexity index is 1190. The van der Waals surface area contributed by atoms with Gasteiger partial charge in [0.05, 0.1) is 43.9 Å². The molecule has 0 saturated heterocycles. The van der Waals surface area contributed by atoms with Crippen LogP contribution in [0.2, 0.25) is 0 Å². The van der Waals surface area contributed by atoms with E-state index in [1.165, 1.54) is 25.6 Å². The van der Waals surface area contributed by atoms with Crippen molar-refractivity contribution in [2.75, 3.05) is 25.7 Å². The van der Waals surface area contributed by atoms with Crippen molar-refractivity contribution in [2.24, 2.45) is 0 Å². The van der Waals surface area contributed by atoms with E-state index < -0.39 is 0 Å². The van der Waals surface area contributed by atoms with Crippen molar-refractivity contribution in [1.29, 1.82) is 0 Å². The molecule has 4 aromatic rings. The summed E-state index contributed by atoms with van der Waals surface area (Å²) >= 11 is 1.41. The molecule has 7 nitrogen and oxygen atoms in total. The lowest BCUT2D eigenvalue weighted by Gasteiger charge is -2.20. The number of methoxy groups -OCH3 is 2. The van der Waals surface area contributed by atoms with Crippen LogP contribution in [0.25, 0.3) is 10.2 Å². The minimum absolute atomic E-state index is 0.218. The number of aromatic nitrogens is 1. The first-order chi connectivity index (χ1) is 15.2. The Hall–Kier alpha value is -3.52. The number of hydrogen-bond donors (Lipinski definition) is 0. The second kappa shape index (κ2) is 9.09. The van der Waals surface area contributed by atoms with Crippen molar-refractivity contribution in [2.45, 2.75) is 13.5 Å². The molecule has 4 rings (SSSR count). The fourth-order valence-corrected chi connectivity index (χ4v) is 4.27. The summed E-state index contributed by atoms with van der Waals surface area (Å²) in [6, 6.07) is 14.6. The molecule has 31 heavy (non-hydrogen) atoms.